The number of carboxylic acid groups (broad SMARTS) is 1. The predicted octanol–water partition coefficient (Wildman–Crippen LogP) is 1.88. The number of hydrogen-bond donors (Lipinski definition) is 1. The minimum absolute atomic E-state index is 2.54. The van der Waals surface area contributed by atoms with Crippen molar-refractivity contribution in [2.75, 3.05) is 6.86 Å². The Balaban J connectivity index is 5.61. The normalized spacial score (nSPS) is 14.1. The summed E-state index contributed by atoms with van der Waals surface area (Å²) in [7, 11) is 0. The molecule has 0 rings (SSSR count). The van der Waals surface area contributed by atoms with Crippen molar-refractivity contribution >= 4 is 5.97 Å². The molecule has 0 aromatic heterocycles. The molecule has 15 heavy (non-hydrogen) atoms. The summed E-state index contributed by atoms with van der Waals surface area (Å²) in [5.74, 6) is -3.37. The molecule has 0 aromatic rings. The van der Waals surface area contributed by atoms with Crippen LogP contribution in [0.3, 0.4) is 0 Å². The third kappa shape index (κ3) is 2.13. The minimum atomic E-state index is -6.32. The molecule has 0 saturated carbocycles. The molecule has 0 aromatic carbocycles. The van der Waals surface area contributed by atoms with Crippen LogP contribution in [0.25, 0.3) is 0 Å². The largest absolute Gasteiger partial charge is 0.479 e. The molecule has 0 saturated heterocycles. The van der Waals surface area contributed by atoms with Crippen molar-refractivity contribution in [1.29, 1.82) is 0 Å². The molecule has 0 spiro atoms. The maximum Gasteiger partial charge on any atom is 0.437 e. The van der Waals surface area contributed by atoms with E-state index in [0.29, 0.717) is 0 Å². The van der Waals surface area contributed by atoms with Gasteiger partial charge in [-0.25, -0.2) is 9.18 Å². The summed E-state index contributed by atoms with van der Waals surface area (Å²) in [5, 5.41) is 7.89. The number of carbonyl (C=O) groups is 1. The summed E-state index contributed by atoms with van der Waals surface area (Å²) in [6, 6.07) is 0. The number of halogens is 7. The summed E-state index contributed by atoms with van der Waals surface area (Å²) >= 11 is 0. The van der Waals surface area contributed by atoms with Crippen molar-refractivity contribution in [3.8, 4) is 0 Å². The second-order valence-corrected chi connectivity index (χ2v) is 2.24. The molecule has 0 unspecified atom stereocenters. The molecule has 0 heterocycles. The molecule has 1 N–H and O–H groups in total. The van der Waals surface area contributed by atoms with Gasteiger partial charge in [0.05, 0.1) is 0 Å². The van der Waals surface area contributed by atoms with Crippen molar-refractivity contribution in [1.82, 2.24) is 0 Å². The van der Waals surface area contributed by atoms with Crippen LogP contribution in [-0.2, 0) is 9.53 Å². The summed E-state index contributed by atoms with van der Waals surface area (Å²) in [6.45, 7) is -2.54. The fourth-order valence-corrected chi connectivity index (χ4v) is 0.710. The summed E-state index contributed by atoms with van der Waals surface area (Å²) < 4.78 is 85.6. The molecule has 0 bridgehead atoms. The fourth-order valence-electron chi connectivity index (χ4n) is 0.710. The molecule has 0 fully saturated rings. The highest BCUT2D eigenvalue weighted by Gasteiger charge is 2.78. The monoisotopic (exact) mass is 244 g/mol. The summed E-state index contributed by atoms with van der Waals surface area (Å²) in [5.41, 5.74) is -5.53. The first-order valence-electron chi connectivity index (χ1n) is 3.07. The summed E-state index contributed by atoms with van der Waals surface area (Å²) in [4.78, 5) is 9.97. The van der Waals surface area contributed by atoms with E-state index in [4.69, 9.17) is 5.11 Å². The third-order valence-electron chi connectivity index (χ3n) is 1.37. The van der Waals surface area contributed by atoms with Gasteiger partial charge in [-0.05, 0) is 0 Å². The SMILES string of the molecule is O=C(O)C(OCF)(C(F)(F)F)C(F)(F)F. The van der Waals surface area contributed by atoms with Gasteiger partial charge in [0.1, 0.15) is 0 Å². The molecule has 0 aliphatic rings. The lowest BCUT2D eigenvalue weighted by Gasteiger charge is -2.31. The number of ether oxygens (including phenoxy) is 1. The Bertz CT molecular complexity index is 228. The van der Waals surface area contributed by atoms with Gasteiger partial charge < -0.3 is 9.84 Å². The molecular weight excluding hydrogens is 241 g/mol. The van der Waals surface area contributed by atoms with Crippen LogP contribution in [0.1, 0.15) is 0 Å². The Kier molecular flexibility index (Phi) is 3.56. The minimum Gasteiger partial charge on any atom is -0.479 e. The Morgan fingerprint density at radius 2 is 1.40 bits per heavy atom. The lowest BCUT2D eigenvalue weighted by Crippen LogP contribution is -2.64. The van der Waals surface area contributed by atoms with E-state index in [1.165, 1.54) is 0 Å². The van der Waals surface area contributed by atoms with Crippen molar-refractivity contribution in [3.63, 3.8) is 0 Å². The van der Waals surface area contributed by atoms with Crippen LogP contribution >= 0.6 is 0 Å². The van der Waals surface area contributed by atoms with Gasteiger partial charge >= 0.3 is 23.9 Å². The summed E-state index contributed by atoms with van der Waals surface area (Å²) in [6.07, 6.45) is -12.6. The lowest BCUT2D eigenvalue weighted by molar-refractivity contribution is -0.373. The van der Waals surface area contributed by atoms with Crippen LogP contribution in [0.2, 0.25) is 0 Å². The smallest absolute Gasteiger partial charge is 0.437 e. The highest BCUT2D eigenvalue weighted by molar-refractivity contribution is 5.80. The highest BCUT2D eigenvalue weighted by Crippen LogP contribution is 2.46. The van der Waals surface area contributed by atoms with Gasteiger partial charge in [0.15, 0.2) is 6.86 Å². The topological polar surface area (TPSA) is 46.5 Å². The first-order chi connectivity index (χ1) is 6.50. The number of aliphatic carboxylic acids is 1. The fraction of sp³-hybridized carbons (Fsp3) is 0.800. The van der Waals surface area contributed by atoms with E-state index in [-0.39, 0.29) is 0 Å². The van der Waals surface area contributed by atoms with Gasteiger partial charge in [-0.1, -0.05) is 0 Å². The molecular formula is C5H3F7O3. The zero-order valence-electron chi connectivity index (χ0n) is 6.62. The molecule has 0 radical (unpaired) electrons. The van der Waals surface area contributed by atoms with E-state index in [1.807, 2.05) is 0 Å². The first kappa shape index (κ1) is 13.9. The van der Waals surface area contributed by atoms with Crippen LogP contribution in [0.4, 0.5) is 30.7 Å². The van der Waals surface area contributed by atoms with Crippen molar-refractivity contribution in [2.24, 2.45) is 0 Å². The van der Waals surface area contributed by atoms with Crippen LogP contribution in [0.15, 0.2) is 0 Å². The lowest BCUT2D eigenvalue weighted by atomic mass is 10.0. The number of hydrogen-bond acceptors (Lipinski definition) is 2. The van der Waals surface area contributed by atoms with E-state index in [1.54, 1.807) is 0 Å². The van der Waals surface area contributed by atoms with E-state index in [9.17, 15) is 35.5 Å². The Morgan fingerprint density at radius 3 is 1.47 bits per heavy atom. The third-order valence-corrected chi connectivity index (χ3v) is 1.37. The van der Waals surface area contributed by atoms with Gasteiger partial charge in [0, 0.05) is 0 Å². The number of alkyl halides is 7. The molecule has 90 valence electrons. The molecule has 0 aliphatic heterocycles. The molecule has 3 nitrogen and oxygen atoms in total. The van der Waals surface area contributed by atoms with Gasteiger partial charge in [0.2, 0.25) is 0 Å². The quantitative estimate of drug-likeness (QED) is 0.771. The van der Waals surface area contributed by atoms with E-state index in [0.717, 1.165) is 0 Å². The molecule has 0 amide bonds. The van der Waals surface area contributed by atoms with E-state index in [2.05, 4.69) is 4.74 Å². The Morgan fingerprint density at radius 1 is 1.07 bits per heavy atom. The van der Waals surface area contributed by atoms with E-state index < -0.39 is 30.8 Å². The van der Waals surface area contributed by atoms with Crippen LogP contribution < -0.4 is 0 Å². The maximum atomic E-state index is 11.9. The highest BCUT2D eigenvalue weighted by atomic mass is 19.4. The number of carboxylic acids is 1. The molecule has 0 aliphatic carbocycles. The first-order valence-corrected chi connectivity index (χ1v) is 3.07. The Hall–Kier alpha value is -1.06. The van der Waals surface area contributed by atoms with Gasteiger partial charge in [0.25, 0.3) is 0 Å². The molecule has 10 heteroatoms. The van der Waals surface area contributed by atoms with Gasteiger partial charge in [-0.2, -0.15) is 26.3 Å². The van der Waals surface area contributed by atoms with Crippen LogP contribution in [0.5, 0.6) is 0 Å². The van der Waals surface area contributed by atoms with Gasteiger partial charge in [-0.15, -0.1) is 0 Å². The zero-order chi connectivity index (χ0) is 12.5. The average molecular weight is 244 g/mol. The Labute approximate surface area is 77.4 Å². The zero-order valence-corrected chi connectivity index (χ0v) is 6.62. The number of rotatable bonds is 3. The standard InChI is InChI=1S/C5H3F7O3/c6-1-15-3(2(13)14,4(7,8)9)5(10,11)12/h1H2,(H,13,14). The van der Waals surface area contributed by atoms with E-state index >= 15 is 0 Å². The second-order valence-electron chi connectivity index (χ2n) is 2.24. The molecule has 0 atom stereocenters. The van der Waals surface area contributed by atoms with Gasteiger partial charge in [-0.3, -0.25) is 0 Å². The van der Waals surface area contributed by atoms with Crippen molar-refractivity contribution in [3.05, 3.63) is 0 Å². The van der Waals surface area contributed by atoms with Crippen LogP contribution in [-0.4, -0.2) is 35.9 Å². The predicted molar refractivity (Wildman–Crippen MR) is 29.5 cm³/mol. The van der Waals surface area contributed by atoms with Crippen molar-refractivity contribution in [2.45, 2.75) is 18.0 Å². The van der Waals surface area contributed by atoms with Crippen molar-refractivity contribution < 1.29 is 45.4 Å². The second kappa shape index (κ2) is 3.83. The van der Waals surface area contributed by atoms with Crippen LogP contribution in [0, 0.1) is 0 Å². The average Bonchev–Trinajstić information content (AvgIpc) is 1.93. The maximum absolute atomic E-state index is 11.9.